The molecule has 0 atom stereocenters. The SMILES string of the molecule is C=C(Cl)CNC(=O)CNC. The van der Waals surface area contributed by atoms with Crippen LogP contribution in [0.5, 0.6) is 0 Å². The number of rotatable bonds is 4. The van der Waals surface area contributed by atoms with Crippen LogP contribution in [0.25, 0.3) is 0 Å². The molecule has 0 rings (SSSR count). The van der Waals surface area contributed by atoms with Gasteiger partial charge in [0.1, 0.15) is 0 Å². The van der Waals surface area contributed by atoms with E-state index in [2.05, 4.69) is 17.2 Å². The minimum absolute atomic E-state index is 0.0794. The van der Waals surface area contributed by atoms with Gasteiger partial charge < -0.3 is 10.6 Å². The number of nitrogens with one attached hydrogen (secondary N) is 2. The van der Waals surface area contributed by atoms with Crippen LogP contribution in [0, 0.1) is 0 Å². The van der Waals surface area contributed by atoms with Crippen molar-refractivity contribution in [1.29, 1.82) is 0 Å². The highest BCUT2D eigenvalue weighted by Gasteiger charge is 1.96. The first-order valence-corrected chi connectivity index (χ1v) is 3.29. The van der Waals surface area contributed by atoms with E-state index in [0.717, 1.165) is 0 Å². The molecule has 0 saturated carbocycles. The van der Waals surface area contributed by atoms with Gasteiger partial charge >= 0.3 is 0 Å². The fraction of sp³-hybridized carbons (Fsp3) is 0.500. The van der Waals surface area contributed by atoms with Crippen LogP contribution in [-0.2, 0) is 4.79 Å². The van der Waals surface area contributed by atoms with Crippen molar-refractivity contribution in [3.63, 3.8) is 0 Å². The Morgan fingerprint density at radius 1 is 1.60 bits per heavy atom. The van der Waals surface area contributed by atoms with Crippen LogP contribution in [0.2, 0.25) is 0 Å². The normalized spacial score (nSPS) is 9.00. The summed E-state index contributed by atoms with van der Waals surface area (Å²) in [6.07, 6.45) is 0. The summed E-state index contributed by atoms with van der Waals surface area (Å²) in [5.74, 6) is -0.0794. The highest BCUT2D eigenvalue weighted by molar-refractivity contribution is 6.29. The first kappa shape index (κ1) is 9.46. The minimum atomic E-state index is -0.0794. The number of carbonyl (C=O) groups is 1. The molecule has 3 nitrogen and oxygen atoms in total. The van der Waals surface area contributed by atoms with Gasteiger partial charge in [-0.25, -0.2) is 0 Å². The van der Waals surface area contributed by atoms with Gasteiger partial charge in [0, 0.05) is 5.03 Å². The van der Waals surface area contributed by atoms with Gasteiger partial charge in [0.15, 0.2) is 0 Å². The van der Waals surface area contributed by atoms with E-state index in [-0.39, 0.29) is 5.91 Å². The number of carbonyl (C=O) groups excluding carboxylic acids is 1. The third-order valence-corrected chi connectivity index (χ3v) is 0.948. The quantitative estimate of drug-likeness (QED) is 0.615. The third kappa shape index (κ3) is 5.59. The van der Waals surface area contributed by atoms with Crippen LogP contribution in [0.3, 0.4) is 0 Å². The molecule has 0 aromatic heterocycles. The number of hydrogen-bond donors (Lipinski definition) is 2. The van der Waals surface area contributed by atoms with Crippen molar-refractivity contribution in [2.75, 3.05) is 20.1 Å². The third-order valence-electron chi connectivity index (χ3n) is 0.815. The second-order valence-corrected chi connectivity index (χ2v) is 2.36. The second-order valence-electron chi connectivity index (χ2n) is 1.82. The molecule has 4 heteroatoms. The maximum absolute atomic E-state index is 10.7. The lowest BCUT2D eigenvalue weighted by Crippen LogP contribution is -2.32. The van der Waals surface area contributed by atoms with E-state index in [4.69, 9.17) is 11.6 Å². The molecule has 0 heterocycles. The topological polar surface area (TPSA) is 41.1 Å². The maximum Gasteiger partial charge on any atom is 0.234 e. The van der Waals surface area contributed by atoms with Gasteiger partial charge in [0.25, 0.3) is 0 Å². The van der Waals surface area contributed by atoms with Crippen molar-refractivity contribution in [2.45, 2.75) is 0 Å². The van der Waals surface area contributed by atoms with Crippen molar-refractivity contribution in [1.82, 2.24) is 10.6 Å². The fourth-order valence-corrected chi connectivity index (χ4v) is 0.484. The van der Waals surface area contributed by atoms with E-state index in [9.17, 15) is 4.79 Å². The zero-order valence-electron chi connectivity index (χ0n) is 5.91. The Balaban J connectivity index is 3.30. The molecule has 0 fully saturated rings. The number of likely N-dealkylation sites (N-methyl/N-ethyl adjacent to an activating group) is 1. The zero-order valence-corrected chi connectivity index (χ0v) is 6.66. The largest absolute Gasteiger partial charge is 0.350 e. The molecular formula is C6H11ClN2O. The van der Waals surface area contributed by atoms with Gasteiger partial charge in [-0.2, -0.15) is 0 Å². The molecule has 10 heavy (non-hydrogen) atoms. The van der Waals surface area contributed by atoms with Crippen molar-refractivity contribution in [3.05, 3.63) is 11.6 Å². The smallest absolute Gasteiger partial charge is 0.234 e. The average Bonchev–Trinajstić information content (AvgIpc) is 1.85. The monoisotopic (exact) mass is 162 g/mol. The van der Waals surface area contributed by atoms with E-state index >= 15 is 0 Å². The minimum Gasteiger partial charge on any atom is -0.350 e. The Bertz CT molecular complexity index is 136. The lowest BCUT2D eigenvalue weighted by molar-refractivity contribution is -0.119. The molecule has 2 N–H and O–H groups in total. The molecular weight excluding hydrogens is 152 g/mol. The molecule has 0 aromatic rings. The zero-order chi connectivity index (χ0) is 7.98. The molecule has 0 bridgehead atoms. The van der Waals surface area contributed by atoms with Gasteiger partial charge in [-0.1, -0.05) is 18.2 Å². The van der Waals surface area contributed by atoms with Gasteiger partial charge in [-0.15, -0.1) is 0 Å². The summed E-state index contributed by atoms with van der Waals surface area (Å²) in [5, 5.41) is 5.69. The predicted octanol–water partition coefficient (Wildman–Crippen LogP) is 0.0745. The van der Waals surface area contributed by atoms with Crippen molar-refractivity contribution in [3.8, 4) is 0 Å². The van der Waals surface area contributed by atoms with Crippen molar-refractivity contribution in [2.24, 2.45) is 0 Å². The summed E-state index contributed by atoms with van der Waals surface area (Å²) in [6.45, 7) is 4.06. The van der Waals surface area contributed by atoms with Gasteiger partial charge in [-0.05, 0) is 7.05 Å². The summed E-state index contributed by atoms with van der Waals surface area (Å²) >= 11 is 5.39. The van der Waals surface area contributed by atoms with E-state index in [1.54, 1.807) is 7.05 Å². The summed E-state index contributed by atoms with van der Waals surface area (Å²) in [6, 6.07) is 0. The maximum atomic E-state index is 10.7. The van der Waals surface area contributed by atoms with E-state index < -0.39 is 0 Å². The molecule has 58 valence electrons. The van der Waals surface area contributed by atoms with Gasteiger partial charge in [0.2, 0.25) is 5.91 Å². The summed E-state index contributed by atoms with van der Waals surface area (Å²) in [7, 11) is 1.70. The molecule has 0 aliphatic heterocycles. The highest BCUT2D eigenvalue weighted by atomic mass is 35.5. The summed E-state index contributed by atoms with van der Waals surface area (Å²) < 4.78 is 0. The van der Waals surface area contributed by atoms with Gasteiger partial charge in [-0.3, -0.25) is 4.79 Å². The molecule has 0 saturated heterocycles. The molecule has 0 spiro atoms. The molecule has 1 amide bonds. The molecule has 0 unspecified atom stereocenters. The Morgan fingerprint density at radius 2 is 2.20 bits per heavy atom. The number of hydrogen-bond acceptors (Lipinski definition) is 2. The lowest BCUT2D eigenvalue weighted by atomic mass is 10.5. The lowest BCUT2D eigenvalue weighted by Gasteiger charge is -2.01. The predicted molar refractivity (Wildman–Crippen MR) is 41.9 cm³/mol. The van der Waals surface area contributed by atoms with Gasteiger partial charge in [0.05, 0.1) is 13.1 Å². The number of amides is 1. The number of halogens is 1. The van der Waals surface area contributed by atoms with Crippen LogP contribution in [-0.4, -0.2) is 26.0 Å². The van der Waals surface area contributed by atoms with E-state index in [0.29, 0.717) is 18.1 Å². The Morgan fingerprint density at radius 3 is 2.60 bits per heavy atom. The van der Waals surface area contributed by atoms with Crippen LogP contribution in [0.4, 0.5) is 0 Å². The standard InChI is InChI=1S/C6H11ClN2O/c1-5(7)3-9-6(10)4-8-2/h8H,1,3-4H2,2H3,(H,9,10). The second kappa shape index (κ2) is 5.26. The molecule has 0 aromatic carbocycles. The molecule has 0 aliphatic rings. The Labute approximate surface area is 65.4 Å². The Hall–Kier alpha value is -0.540. The fourth-order valence-electron chi connectivity index (χ4n) is 0.418. The summed E-state index contributed by atoms with van der Waals surface area (Å²) in [4.78, 5) is 10.7. The van der Waals surface area contributed by atoms with Crippen LogP contribution >= 0.6 is 11.6 Å². The van der Waals surface area contributed by atoms with Crippen molar-refractivity contribution >= 4 is 17.5 Å². The van der Waals surface area contributed by atoms with Crippen LogP contribution in [0.1, 0.15) is 0 Å². The van der Waals surface area contributed by atoms with E-state index in [1.165, 1.54) is 0 Å². The summed E-state index contributed by atoms with van der Waals surface area (Å²) in [5.41, 5.74) is 0. The van der Waals surface area contributed by atoms with E-state index in [1.807, 2.05) is 0 Å². The average molecular weight is 163 g/mol. The first-order chi connectivity index (χ1) is 4.66. The van der Waals surface area contributed by atoms with Crippen LogP contribution < -0.4 is 10.6 Å². The first-order valence-electron chi connectivity index (χ1n) is 2.91. The molecule has 0 radical (unpaired) electrons. The van der Waals surface area contributed by atoms with Crippen LogP contribution in [0.15, 0.2) is 11.6 Å². The highest BCUT2D eigenvalue weighted by Crippen LogP contribution is 1.91. The molecule has 0 aliphatic carbocycles. The van der Waals surface area contributed by atoms with Crippen molar-refractivity contribution < 1.29 is 4.79 Å². The Kier molecular flexibility index (Phi) is 4.98.